The lowest BCUT2D eigenvalue weighted by molar-refractivity contribution is 0.112. The maximum Gasteiger partial charge on any atom is 0.488 e. The van der Waals surface area contributed by atoms with Crippen LogP contribution in [-0.4, -0.2) is 32.8 Å². The second-order valence-corrected chi connectivity index (χ2v) is 3.20. The van der Waals surface area contributed by atoms with Crippen LogP contribution < -0.4 is 11.0 Å². The molecule has 0 aromatic carbocycles. The van der Waals surface area contributed by atoms with E-state index < -0.39 is 12.7 Å². The molecular weight excluding hydrogens is 211 g/mol. The fraction of sp³-hybridized carbons (Fsp3) is 0. The fourth-order valence-electron chi connectivity index (χ4n) is 1.35. The van der Waals surface area contributed by atoms with Crippen LogP contribution in [0.5, 0.6) is 0 Å². The Balaban J connectivity index is 2.75. The van der Waals surface area contributed by atoms with Crippen molar-refractivity contribution in [2.75, 3.05) is 0 Å². The van der Waals surface area contributed by atoms with Crippen molar-refractivity contribution in [1.29, 1.82) is 0 Å². The molecule has 2 heterocycles. The van der Waals surface area contributed by atoms with Gasteiger partial charge in [0.2, 0.25) is 0 Å². The lowest BCUT2D eigenvalue weighted by atomic mass is 9.81. The minimum absolute atomic E-state index is 0.0465. The van der Waals surface area contributed by atoms with Crippen molar-refractivity contribution in [3.8, 4) is 0 Å². The van der Waals surface area contributed by atoms with Crippen LogP contribution in [0.3, 0.4) is 0 Å². The predicted octanol–water partition coefficient (Wildman–Crippen LogP) is -1.81. The molecule has 0 unspecified atom stereocenters. The molecular formula is C9H7BN2O4. The quantitative estimate of drug-likeness (QED) is 0.457. The molecule has 2 aromatic rings. The number of rotatable bonds is 2. The van der Waals surface area contributed by atoms with Gasteiger partial charge >= 0.3 is 7.12 Å². The largest absolute Gasteiger partial charge is 0.488 e. The van der Waals surface area contributed by atoms with Crippen molar-refractivity contribution in [3.05, 3.63) is 40.4 Å². The van der Waals surface area contributed by atoms with E-state index in [-0.39, 0.29) is 16.7 Å². The highest BCUT2D eigenvalue weighted by Gasteiger charge is 2.12. The number of hydrogen-bond donors (Lipinski definition) is 2. The third-order valence-corrected chi connectivity index (χ3v) is 2.19. The van der Waals surface area contributed by atoms with Gasteiger partial charge in [-0.15, -0.1) is 0 Å². The minimum atomic E-state index is -1.62. The predicted molar refractivity (Wildman–Crippen MR) is 56.7 cm³/mol. The van der Waals surface area contributed by atoms with Gasteiger partial charge < -0.3 is 10.0 Å². The molecule has 80 valence electrons. The van der Waals surface area contributed by atoms with Gasteiger partial charge in [-0.25, -0.2) is 4.98 Å². The van der Waals surface area contributed by atoms with Gasteiger partial charge in [-0.05, 0) is 17.6 Å². The second-order valence-electron chi connectivity index (χ2n) is 3.20. The summed E-state index contributed by atoms with van der Waals surface area (Å²) < 4.78 is 1.16. The van der Waals surface area contributed by atoms with Gasteiger partial charge in [0.25, 0.3) is 5.56 Å². The molecule has 0 aliphatic heterocycles. The molecule has 0 saturated carbocycles. The summed E-state index contributed by atoms with van der Waals surface area (Å²) in [5, 5.41) is 17.9. The SMILES string of the molecule is O=Cc1cnc2cc(B(O)O)ccn2c1=O. The van der Waals surface area contributed by atoms with Crippen LogP contribution >= 0.6 is 0 Å². The zero-order valence-corrected chi connectivity index (χ0v) is 8.07. The van der Waals surface area contributed by atoms with Crippen LogP contribution in [-0.2, 0) is 0 Å². The number of aldehydes is 1. The van der Waals surface area contributed by atoms with Crippen LogP contribution in [0, 0.1) is 0 Å². The number of carbonyl (C=O) groups is 1. The molecule has 0 fully saturated rings. The Bertz CT molecular complexity index is 608. The number of aromatic nitrogens is 2. The van der Waals surface area contributed by atoms with Crippen LogP contribution in [0.15, 0.2) is 29.3 Å². The summed E-state index contributed by atoms with van der Waals surface area (Å²) in [5.74, 6) is 0. The lowest BCUT2D eigenvalue weighted by Gasteiger charge is -2.03. The second kappa shape index (κ2) is 3.88. The number of fused-ring (bicyclic) bond motifs is 1. The average Bonchev–Trinajstić information content (AvgIpc) is 2.29. The van der Waals surface area contributed by atoms with E-state index in [1.807, 2.05) is 0 Å². The smallest absolute Gasteiger partial charge is 0.423 e. The number of carbonyl (C=O) groups excluding carboxylic acids is 1. The van der Waals surface area contributed by atoms with Crippen molar-refractivity contribution in [2.45, 2.75) is 0 Å². The highest BCUT2D eigenvalue weighted by Crippen LogP contribution is 1.95. The normalized spacial score (nSPS) is 10.4. The Labute approximate surface area is 89.9 Å². The molecule has 0 spiro atoms. The summed E-state index contributed by atoms with van der Waals surface area (Å²) in [4.78, 5) is 26.0. The molecule has 0 aliphatic carbocycles. The third kappa shape index (κ3) is 1.62. The number of nitrogens with zero attached hydrogens (tertiary/aromatic N) is 2. The monoisotopic (exact) mass is 218 g/mol. The van der Waals surface area contributed by atoms with Gasteiger partial charge in [-0.2, -0.15) is 0 Å². The van der Waals surface area contributed by atoms with E-state index in [0.717, 1.165) is 10.6 Å². The van der Waals surface area contributed by atoms with Crippen molar-refractivity contribution < 1.29 is 14.8 Å². The molecule has 2 rings (SSSR count). The zero-order valence-electron chi connectivity index (χ0n) is 8.07. The van der Waals surface area contributed by atoms with E-state index in [0.29, 0.717) is 6.29 Å². The highest BCUT2D eigenvalue weighted by molar-refractivity contribution is 6.58. The van der Waals surface area contributed by atoms with Crippen molar-refractivity contribution in [2.24, 2.45) is 0 Å². The zero-order chi connectivity index (χ0) is 11.7. The summed E-state index contributed by atoms with van der Waals surface area (Å²) in [5.41, 5.74) is -0.0549. The highest BCUT2D eigenvalue weighted by atomic mass is 16.4. The van der Waals surface area contributed by atoms with E-state index in [4.69, 9.17) is 10.0 Å². The van der Waals surface area contributed by atoms with E-state index in [2.05, 4.69) is 4.98 Å². The summed E-state index contributed by atoms with van der Waals surface area (Å²) in [6, 6.07) is 2.73. The van der Waals surface area contributed by atoms with Gasteiger partial charge in [0, 0.05) is 12.4 Å². The van der Waals surface area contributed by atoms with Crippen LogP contribution in [0.1, 0.15) is 10.4 Å². The molecule has 7 heteroatoms. The summed E-state index contributed by atoms with van der Waals surface area (Å²) >= 11 is 0. The van der Waals surface area contributed by atoms with E-state index in [1.165, 1.54) is 18.3 Å². The first kappa shape index (κ1) is 10.5. The van der Waals surface area contributed by atoms with Crippen LogP contribution in [0.2, 0.25) is 0 Å². The lowest BCUT2D eigenvalue weighted by Crippen LogP contribution is -2.31. The summed E-state index contributed by atoms with van der Waals surface area (Å²) in [6.45, 7) is 0. The Morgan fingerprint density at radius 3 is 2.81 bits per heavy atom. The minimum Gasteiger partial charge on any atom is -0.423 e. The fourth-order valence-corrected chi connectivity index (χ4v) is 1.35. The van der Waals surface area contributed by atoms with E-state index in [9.17, 15) is 9.59 Å². The summed E-state index contributed by atoms with van der Waals surface area (Å²) in [6.07, 6.45) is 2.92. The van der Waals surface area contributed by atoms with Gasteiger partial charge in [0.05, 0.1) is 5.56 Å². The van der Waals surface area contributed by atoms with Crippen molar-refractivity contribution in [3.63, 3.8) is 0 Å². The Morgan fingerprint density at radius 1 is 1.44 bits per heavy atom. The molecule has 6 nitrogen and oxygen atoms in total. The molecule has 0 atom stereocenters. The molecule has 2 aromatic heterocycles. The van der Waals surface area contributed by atoms with Crippen molar-refractivity contribution in [1.82, 2.24) is 9.38 Å². The first-order chi connectivity index (χ1) is 7.63. The third-order valence-electron chi connectivity index (χ3n) is 2.19. The van der Waals surface area contributed by atoms with Crippen LogP contribution in [0.4, 0.5) is 0 Å². The molecule has 0 amide bonds. The maximum atomic E-state index is 11.6. The number of hydrogen-bond acceptors (Lipinski definition) is 5. The van der Waals surface area contributed by atoms with Crippen LogP contribution in [0.25, 0.3) is 5.65 Å². The molecule has 0 radical (unpaired) electrons. The van der Waals surface area contributed by atoms with E-state index in [1.54, 1.807) is 0 Å². The number of pyridine rings is 1. The van der Waals surface area contributed by atoms with Gasteiger partial charge in [0.15, 0.2) is 6.29 Å². The molecule has 16 heavy (non-hydrogen) atoms. The molecule has 0 saturated heterocycles. The molecule has 0 bridgehead atoms. The summed E-state index contributed by atoms with van der Waals surface area (Å²) in [7, 11) is -1.62. The molecule has 2 N–H and O–H groups in total. The molecule has 0 aliphatic rings. The van der Waals surface area contributed by atoms with Gasteiger partial charge in [0.1, 0.15) is 5.65 Å². The average molecular weight is 218 g/mol. The van der Waals surface area contributed by atoms with E-state index >= 15 is 0 Å². The van der Waals surface area contributed by atoms with Crippen molar-refractivity contribution >= 4 is 24.5 Å². The Morgan fingerprint density at radius 2 is 2.19 bits per heavy atom. The Hall–Kier alpha value is -1.99. The standard InChI is InChI=1S/C9H7BN2O4/c13-5-6-4-11-8-3-7(10(15)16)1-2-12(8)9(6)14/h1-5,15-16H. The first-order valence-corrected chi connectivity index (χ1v) is 4.46. The maximum absolute atomic E-state index is 11.6. The Kier molecular flexibility index (Phi) is 2.55. The van der Waals surface area contributed by atoms with Gasteiger partial charge in [-0.3, -0.25) is 14.0 Å². The first-order valence-electron chi connectivity index (χ1n) is 4.46. The topological polar surface area (TPSA) is 91.9 Å². The van der Waals surface area contributed by atoms with Gasteiger partial charge in [-0.1, -0.05) is 0 Å².